The molecule has 2 aromatic rings. The molecule has 2 aliphatic heterocycles. The van der Waals surface area contributed by atoms with Crippen molar-refractivity contribution in [3.8, 4) is 0 Å². The first-order valence-corrected chi connectivity index (χ1v) is 11.4. The van der Waals surface area contributed by atoms with Crippen molar-refractivity contribution in [2.24, 2.45) is 9.98 Å². The molecular weight excluding hydrogens is 509 g/mol. The smallest absolute Gasteiger partial charge is 0.417 e. The minimum atomic E-state index is -4.49. The molecule has 2 aromatic carbocycles. The van der Waals surface area contributed by atoms with Crippen LogP contribution in [-0.2, 0) is 28.5 Å². The Bertz CT molecular complexity index is 1030. The molecule has 32 heavy (non-hydrogen) atoms. The van der Waals surface area contributed by atoms with Crippen molar-refractivity contribution in [2.45, 2.75) is 50.0 Å². The van der Waals surface area contributed by atoms with E-state index in [1.165, 1.54) is 11.6 Å². The fourth-order valence-electron chi connectivity index (χ4n) is 3.76. The summed E-state index contributed by atoms with van der Waals surface area (Å²) in [6, 6.07) is 11.8. The van der Waals surface area contributed by atoms with Crippen molar-refractivity contribution in [2.75, 3.05) is 6.61 Å². The normalized spacial score (nSPS) is 22.5. The van der Waals surface area contributed by atoms with E-state index in [9.17, 15) is 13.2 Å². The Morgan fingerprint density at radius 3 is 2.66 bits per heavy atom. The van der Waals surface area contributed by atoms with Gasteiger partial charge in [-0.3, -0.25) is 0 Å². The molecule has 0 spiro atoms. The lowest BCUT2D eigenvalue weighted by molar-refractivity contribution is -0.137. The van der Waals surface area contributed by atoms with Crippen LogP contribution < -0.4 is 0 Å². The molecule has 1 radical (unpaired) electrons. The highest BCUT2D eigenvalue weighted by Crippen LogP contribution is 2.35. The van der Waals surface area contributed by atoms with E-state index in [-0.39, 0.29) is 17.1 Å². The molecule has 0 fully saturated rings. The van der Waals surface area contributed by atoms with Crippen LogP contribution in [0.5, 0.6) is 0 Å². The number of hydrogen-bond donors (Lipinski definition) is 0. The van der Waals surface area contributed by atoms with Crippen LogP contribution >= 0.6 is 27.5 Å². The quantitative estimate of drug-likeness (QED) is 0.432. The van der Waals surface area contributed by atoms with Crippen molar-refractivity contribution >= 4 is 39.8 Å². The molecule has 0 N–H and O–H groups in total. The average molecular weight is 529 g/mol. The van der Waals surface area contributed by atoms with Gasteiger partial charge >= 0.3 is 6.18 Å². The van der Waals surface area contributed by atoms with Crippen LogP contribution in [0.25, 0.3) is 0 Å². The lowest BCUT2D eigenvalue weighted by Crippen LogP contribution is -2.32. The third kappa shape index (κ3) is 5.64. The predicted octanol–water partition coefficient (Wildman–Crippen LogP) is 6.16. The van der Waals surface area contributed by atoms with E-state index in [2.05, 4.69) is 44.4 Å². The summed E-state index contributed by atoms with van der Waals surface area (Å²) in [6.45, 7) is 0.474. The highest BCUT2D eigenvalue weighted by Gasteiger charge is 2.37. The molecule has 0 aromatic heterocycles. The molecule has 0 bridgehead atoms. The zero-order valence-corrected chi connectivity index (χ0v) is 19.3. The first kappa shape index (κ1) is 23.1. The fraction of sp³-hybridized carbons (Fsp3) is 0.391. The van der Waals surface area contributed by atoms with Crippen LogP contribution in [0.3, 0.4) is 0 Å². The van der Waals surface area contributed by atoms with E-state index in [4.69, 9.17) is 21.1 Å². The number of benzene rings is 2. The highest BCUT2D eigenvalue weighted by molar-refractivity contribution is 9.10. The van der Waals surface area contributed by atoms with Gasteiger partial charge in [-0.05, 0) is 61.1 Å². The third-order valence-corrected chi connectivity index (χ3v) is 6.27. The Morgan fingerprint density at radius 1 is 1.09 bits per heavy atom. The third-order valence-electron chi connectivity index (χ3n) is 5.44. The standard InChI is InChI=1S/C23H20BrClF3N2O2/c24-16-3-1-2-14(10-16)4-7-17-12-31-22(30-17)21-20(29-13-32-21)9-6-15-5-8-19(25)18(11-15)23(26,27)28/h1-3,5,8,10-11,17,20-21H,4,6-7,9,12H2. The Balaban J connectivity index is 1.34. The number of alkyl halides is 3. The van der Waals surface area contributed by atoms with Crippen molar-refractivity contribution in [3.05, 3.63) is 68.7 Å². The summed E-state index contributed by atoms with van der Waals surface area (Å²) >= 11 is 9.18. The predicted molar refractivity (Wildman–Crippen MR) is 121 cm³/mol. The summed E-state index contributed by atoms with van der Waals surface area (Å²) in [4.78, 5) is 8.87. The molecule has 2 aliphatic rings. The van der Waals surface area contributed by atoms with Gasteiger partial charge in [-0.1, -0.05) is 45.7 Å². The Labute approximate surface area is 197 Å². The van der Waals surface area contributed by atoms with Gasteiger partial charge in [-0.2, -0.15) is 13.2 Å². The van der Waals surface area contributed by atoms with E-state index in [1.807, 2.05) is 12.1 Å². The van der Waals surface area contributed by atoms with Crippen molar-refractivity contribution in [1.82, 2.24) is 0 Å². The van der Waals surface area contributed by atoms with Gasteiger partial charge in [0.2, 0.25) is 5.90 Å². The lowest BCUT2D eigenvalue weighted by Gasteiger charge is -2.17. The number of aryl methyl sites for hydroxylation is 2. The number of ether oxygens (including phenoxy) is 2. The van der Waals surface area contributed by atoms with Crippen LogP contribution in [-0.4, -0.2) is 37.1 Å². The molecule has 4 nitrogen and oxygen atoms in total. The summed E-state index contributed by atoms with van der Waals surface area (Å²) in [5.74, 6) is 0.482. The van der Waals surface area contributed by atoms with Gasteiger partial charge in [0.1, 0.15) is 12.6 Å². The maximum absolute atomic E-state index is 13.1. The minimum absolute atomic E-state index is 0.0273. The Morgan fingerprint density at radius 2 is 1.88 bits per heavy atom. The maximum Gasteiger partial charge on any atom is 0.417 e. The number of rotatable bonds is 7. The van der Waals surface area contributed by atoms with Crippen molar-refractivity contribution in [1.29, 1.82) is 0 Å². The average Bonchev–Trinajstić information content (AvgIpc) is 3.40. The van der Waals surface area contributed by atoms with Gasteiger partial charge in [0, 0.05) is 4.47 Å². The summed E-state index contributed by atoms with van der Waals surface area (Å²) in [5.41, 5.74) is 0.919. The SMILES string of the molecule is FC(F)(F)c1cc(CCC2N=[C]OC2C2=NC(CCc3cccc(Br)c3)CO2)ccc1Cl. The fourth-order valence-corrected chi connectivity index (χ4v) is 4.43. The Hall–Kier alpha value is -2.06. The summed E-state index contributed by atoms with van der Waals surface area (Å²) < 4.78 is 51.6. The molecule has 3 atom stereocenters. The zero-order valence-electron chi connectivity index (χ0n) is 16.9. The minimum Gasteiger partial charge on any atom is -0.476 e. The number of halogens is 5. The van der Waals surface area contributed by atoms with E-state index < -0.39 is 17.8 Å². The highest BCUT2D eigenvalue weighted by atomic mass is 79.9. The van der Waals surface area contributed by atoms with Crippen LogP contribution in [0.1, 0.15) is 29.5 Å². The molecule has 9 heteroatoms. The molecule has 0 aliphatic carbocycles. The van der Waals surface area contributed by atoms with Crippen LogP contribution in [0.4, 0.5) is 13.2 Å². The number of nitrogens with zero attached hydrogens (tertiary/aromatic N) is 2. The lowest BCUT2D eigenvalue weighted by atomic mass is 10.00. The number of hydrogen-bond acceptors (Lipinski definition) is 4. The first-order valence-electron chi connectivity index (χ1n) is 10.2. The Kier molecular flexibility index (Phi) is 7.10. The monoisotopic (exact) mass is 527 g/mol. The summed E-state index contributed by atoms with van der Waals surface area (Å²) in [6.07, 6.45) is 0.100. The molecule has 4 rings (SSSR count). The van der Waals surface area contributed by atoms with Crippen molar-refractivity contribution < 1.29 is 22.6 Å². The molecule has 3 unspecified atom stereocenters. The maximum atomic E-state index is 13.1. The zero-order chi connectivity index (χ0) is 22.7. The molecule has 2 heterocycles. The van der Waals surface area contributed by atoms with Gasteiger partial charge in [0.15, 0.2) is 6.10 Å². The van der Waals surface area contributed by atoms with E-state index in [0.717, 1.165) is 23.4 Å². The first-order chi connectivity index (χ1) is 15.3. The molecular formula is C23H20BrClF3N2O2. The summed E-state index contributed by atoms with van der Waals surface area (Å²) in [5, 5.41) is -0.308. The van der Waals surface area contributed by atoms with Gasteiger partial charge in [0.25, 0.3) is 6.40 Å². The summed E-state index contributed by atoms with van der Waals surface area (Å²) in [7, 11) is 0. The van der Waals surface area contributed by atoms with E-state index in [1.54, 1.807) is 6.07 Å². The van der Waals surface area contributed by atoms with E-state index >= 15 is 0 Å². The molecule has 169 valence electrons. The van der Waals surface area contributed by atoms with E-state index in [0.29, 0.717) is 30.9 Å². The van der Waals surface area contributed by atoms with Gasteiger partial charge in [0.05, 0.1) is 16.6 Å². The van der Waals surface area contributed by atoms with Gasteiger partial charge < -0.3 is 9.47 Å². The second-order valence-corrected chi connectivity index (χ2v) is 9.10. The molecule has 0 amide bonds. The van der Waals surface area contributed by atoms with Gasteiger partial charge in [-0.15, -0.1) is 0 Å². The van der Waals surface area contributed by atoms with Crippen LogP contribution in [0, 0.1) is 0 Å². The van der Waals surface area contributed by atoms with Crippen LogP contribution in [0.2, 0.25) is 5.02 Å². The molecule has 0 saturated heterocycles. The van der Waals surface area contributed by atoms with Crippen molar-refractivity contribution in [3.63, 3.8) is 0 Å². The second-order valence-electron chi connectivity index (χ2n) is 7.78. The van der Waals surface area contributed by atoms with Gasteiger partial charge in [-0.25, -0.2) is 9.98 Å². The largest absolute Gasteiger partial charge is 0.476 e. The second kappa shape index (κ2) is 9.83. The molecule has 0 saturated carbocycles. The topological polar surface area (TPSA) is 43.2 Å². The van der Waals surface area contributed by atoms with Crippen LogP contribution in [0.15, 0.2) is 56.9 Å². The number of aliphatic imine (C=N–C) groups is 2.